The second-order valence-electron chi connectivity index (χ2n) is 3.56. The summed E-state index contributed by atoms with van der Waals surface area (Å²) in [5.74, 6) is 0. The second kappa shape index (κ2) is 5.56. The molecule has 0 aliphatic rings. The average Bonchev–Trinajstić information content (AvgIpc) is 1.99. The molecular weight excluding hydrogens is 138 g/mol. The Bertz CT molecular complexity index is 91.6. The maximum absolute atomic E-state index is 5.38. The third-order valence-electron chi connectivity index (χ3n) is 2.04. The Morgan fingerprint density at radius 1 is 1.18 bits per heavy atom. The summed E-state index contributed by atoms with van der Waals surface area (Å²) in [6.45, 7) is 5.05. The quantitative estimate of drug-likeness (QED) is 0.601. The molecule has 0 spiro atoms. The fourth-order valence-corrected chi connectivity index (χ4v) is 0.974. The summed E-state index contributed by atoms with van der Waals surface area (Å²) in [5.41, 5.74) is 5.43. The molecule has 2 nitrogen and oxygen atoms in total. The lowest BCUT2D eigenvalue weighted by molar-refractivity contribution is 0.0134. The molecule has 0 aliphatic heterocycles. The number of hydrogen-bond donors (Lipinski definition) is 1. The van der Waals surface area contributed by atoms with Crippen molar-refractivity contribution < 1.29 is 4.74 Å². The van der Waals surface area contributed by atoms with Crippen molar-refractivity contribution in [2.24, 2.45) is 5.73 Å². The molecule has 0 atom stereocenters. The molecule has 0 aromatic heterocycles. The lowest BCUT2D eigenvalue weighted by atomic mass is 10.0. The highest BCUT2D eigenvalue weighted by Crippen LogP contribution is 2.16. The molecule has 0 aromatic carbocycles. The van der Waals surface area contributed by atoms with Crippen LogP contribution in [0.3, 0.4) is 0 Å². The van der Waals surface area contributed by atoms with Gasteiger partial charge in [0.15, 0.2) is 0 Å². The monoisotopic (exact) mass is 159 g/mol. The van der Waals surface area contributed by atoms with E-state index in [1.54, 1.807) is 7.11 Å². The highest BCUT2D eigenvalue weighted by molar-refractivity contribution is 4.66. The minimum Gasteiger partial charge on any atom is -0.379 e. The van der Waals surface area contributed by atoms with Crippen molar-refractivity contribution in [1.29, 1.82) is 0 Å². The molecule has 0 heterocycles. The molecule has 0 fully saturated rings. The van der Waals surface area contributed by atoms with Crippen molar-refractivity contribution in [3.05, 3.63) is 0 Å². The molecule has 2 heteroatoms. The lowest BCUT2D eigenvalue weighted by Gasteiger charge is -2.22. The van der Waals surface area contributed by atoms with E-state index in [0.29, 0.717) is 0 Å². The Kier molecular flexibility index (Phi) is 5.51. The van der Waals surface area contributed by atoms with Gasteiger partial charge < -0.3 is 10.5 Å². The molecule has 0 saturated carbocycles. The van der Waals surface area contributed by atoms with Gasteiger partial charge in [-0.3, -0.25) is 0 Å². The molecule has 68 valence electrons. The summed E-state index contributed by atoms with van der Waals surface area (Å²) in [4.78, 5) is 0. The number of nitrogens with two attached hydrogens (primary N) is 1. The highest BCUT2D eigenvalue weighted by atomic mass is 16.5. The summed E-state index contributed by atoms with van der Waals surface area (Å²) in [7, 11) is 1.77. The van der Waals surface area contributed by atoms with Gasteiger partial charge in [0.25, 0.3) is 0 Å². The van der Waals surface area contributed by atoms with Gasteiger partial charge in [-0.15, -0.1) is 0 Å². The molecule has 11 heavy (non-hydrogen) atoms. The molecule has 0 aliphatic carbocycles. The van der Waals surface area contributed by atoms with Gasteiger partial charge in [-0.25, -0.2) is 0 Å². The van der Waals surface area contributed by atoms with E-state index in [4.69, 9.17) is 10.5 Å². The largest absolute Gasteiger partial charge is 0.379 e. The Labute approximate surface area is 70.1 Å². The Hall–Kier alpha value is -0.0800. The maximum atomic E-state index is 5.38. The van der Waals surface area contributed by atoms with E-state index in [-0.39, 0.29) is 5.60 Å². The molecule has 0 unspecified atom stereocenters. The van der Waals surface area contributed by atoms with Crippen LogP contribution in [0.2, 0.25) is 0 Å². The van der Waals surface area contributed by atoms with Crippen LogP contribution in [-0.2, 0) is 4.74 Å². The summed E-state index contributed by atoms with van der Waals surface area (Å²) >= 11 is 0. The smallest absolute Gasteiger partial charge is 0.0622 e. The van der Waals surface area contributed by atoms with Crippen LogP contribution < -0.4 is 5.73 Å². The van der Waals surface area contributed by atoms with Gasteiger partial charge >= 0.3 is 0 Å². The van der Waals surface area contributed by atoms with E-state index in [2.05, 4.69) is 13.8 Å². The molecular formula is C9H21NO. The van der Waals surface area contributed by atoms with Crippen molar-refractivity contribution in [3.63, 3.8) is 0 Å². The fraction of sp³-hybridized carbons (Fsp3) is 1.00. The van der Waals surface area contributed by atoms with Gasteiger partial charge in [0.05, 0.1) is 5.60 Å². The van der Waals surface area contributed by atoms with Crippen LogP contribution in [0, 0.1) is 0 Å². The van der Waals surface area contributed by atoms with Crippen molar-refractivity contribution in [1.82, 2.24) is 0 Å². The van der Waals surface area contributed by atoms with E-state index in [1.807, 2.05) is 0 Å². The molecule has 0 saturated heterocycles. The Morgan fingerprint density at radius 2 is 1.82 bits per heavy atom. The topological polar surface area (TPSA) is 35.2 Å². The van der Waals surface area contributed by atoms with Gasteiger partial charge in [-0.1, -0.05) is 12.8 Å². The summed E-state index contributed by atoms with van der Waals surface area (Å²) in [6, 6.07) is 0. The molecule has 0 rings (SSSR count). The van der Waals surface area contributed by atoms with E-state index < -0.39 is 0 Å². The van der Waals surface area contributed by atoms with Crippen LogP contribution in [0.25, 0.3) is 0 Å². The normalized spacial score (nSPS) is 12.0. The van der Waals surface area contributed by atoms with Gasteiger partial charge in [0.2, 0.25) is 0 Å². The van der Waals surface area contributed by atoms with Crippen LogP contribution in [-0.4, -0.2) is 19.3 Å². The van der Waals surface area contributed by atoms with E-state index in [0.717, 1.165) is 19.4 Å². The first-order chi connectivity index (χ1) is 5.12. The molecule has 0 aromatic rings. The third-order valence-corrected chi connectivity index (χ3v) is 2.04. The van der Waals surface area contributed by atoms with Crippen molar-refractivity contribution >= 4 is 0 Å². The van der Waals surface area contributed by atoms with Crippen LogP contribution in [0.15, 0.2) is 0 Å². The number of unbranched alkanes of at least 4 members (excludes halogenated alkanes) is 2. The van der Waals surface area contributed by atoms with E-state index in [9.17, 15) is 0 Å². The first-order valence-electron chi connectivity index (χ1n) is 4.37. The van der Waals surface area contributed by atoms with E-state index in [1.165, 1.54) is 12.8 Å². The summed E-state index contributed by atoms with van der Waals surface area (Å²) in [6.07, 6.45) is 4.71. The molecule has 2 N–H and O–H groups in total. The minimum absolute atomic E-state index is 0.0502. The van der Waals surface area contributed by atoms with Gasteiger partial charge in [-0.2, -0.15) is 0 Å². The molecule has 0 amide bonds. The van der Waals surface area contributed by atoms with E-state index >= 15 is 0 Å². The minimum atomic E-state index is 0.0502. The SMILES string of the molecule is COC(C)(C)CCCCCN. The Balaban J connectivity index is 3.23. The number of hydrogen-bond acceptors (Lipinski definition) is 2. The second-order valence-corrected chi connectivity index (χ2v) is 3.56. The zero-order valence-corrected chi connectivity index (χ0v) is 8.02. The third kappa shape index (κ3) is 6.32. The standard InChI is InChI=1S/C9H21NO/c1-9(2,11-3)7-5-4-6-8-10/h4-8,10H2,1-3H3. The summed E-state index contributed by atoms with van der Waals surface area (Å²) < 4.78 is 5.29. The average molecular weight is 159 g/mol. The van der Waals surface area contributed by atoms with Crippen LogP contribution in [0.4, 0.5) is 0 Å². The first-order valence-corrected chi connectivity index (χ1v) is 4.37. The summed E-state index contributed by atoms with van der Waals surface area (Å²) in [5, 5.41) is 0. The van der Waals surface area contributed by atoms with Gasteiger partial charge in [-0.05, 0) is 33.2 Å². The van der Waals surface area contributed by atoms with Crippen LogP contribution >= 0.6 is 0 Å². The number of rotatable bonds is 6. The molecule has 0 bridgehead atoms. The predicted octanol–water partition coefficient (Wildman–Crippen LogP) is 1.93. The predicted molar refractivity (Wildman–Crippen MR) is 48.6 cm³/mol. The van der Waals surface area contributed by atoms with Crippen molar-refractivity contribution in [2.45, 2.75) is 45.1 Å². The van der Waals surface area contributed by atoms with Crippen molar-refractivity contribution in [2.75, 3.05) is 13.7 Å². The highest BCUT2D eigenvalue weighted by Gasteiger charge is 2.14. The van der Waals surface area contributed by atoms with Crippen LogP contribution in [0.5, 0.6) is 0 Å². The lowest BCUT2D eigenvalue weighted by Crippen LogP contribution is -2.21. The van der Waals surface area contributed by atoms with Crippen molar-refractivity contribution in [3.8, 4) is 0 Å². The fourth-order valence-electron chi connectivity index (χ4n) is 0.974. The number of methoxy groups -OCH3 is 1. The Morgan fingerprint density at radius 3 is 2.27 bits per heavy atom. The van der Waals surface area contributed by atoms with Gasteiger partial charge in [0.1, 0.15) is 0 Å². The first kappa shape index (κ1) is 10.9. The maximum Gasteiger partial charge on any atom is 0.0622 e. The van der Waals surface area contributed by atoms with Gasteiger partial charge in [0, 0.05) is 7.11 Å². The molecule has 0 radical (unpaired) electrons. The zero-order valence-electron chi connectivity index (χ0n) is 8.02. The zero-order chi connectivity index (χ0) is 8.74. The van der Waals surface area contributed by atoms with Crippen LogP contribution in [0.1, 0.15) is 39.5 Å². The number of ether oxygens (including phenoxy) is 1.